The minimum Gasteiger partial charge on any atom is -0.493 e. The SMILES string of the molecule is CCOC(=O)c1ccc(N=Cc2sc(=O)[nH]c2O)cc1. The number of nitrogens with zero attached hydrogens (tertiary/aromatic N) is 1. The van der Waals surface area contributed by atoms with Gasteiger partial charge in [0.15, 0.2) is 0 Å². The molecule has 0 bridgehead atoms. The lowest BCUT2D eigenvalue weighted by atomic mass is 10.2. The van der Waals surface area contributed by atoms with Crippen LogP contribution in [0, 0.1) is 0 Å². The van der Waals surface area contributed by atoms with Gasteiger partial charge in [-0.25, -0.2) is 4.79 Å². The van der Waals surface area contributed by atoms with Crippen LogP contribution in [0.1, 0.15) is 22.2 Å². The van der Waals surface area contributed by atoms with Crippen molar-refractivity contribution in [2.75, 3.05) is 6.61 Å². The number of aromatic hydroxyl groups is 1. The van der Waals surface area contributed by atoms with Crippen molar-refractivity contribution < 1.29 is 14.6 Å². The molecule has 1 aromatic heterocycles. The van der Waals surface area contributed by atoms with Crippen LogP contribution in [0.15, 0.2) is 34.1 Å². The van der Waals surface area contributed by atoms with E-state index in [1.165, 1.54) is 6.21 Å². The Balaban J connectivity index is 2.13. The van der Waals surface area contributed by atoms with Gasteiger partial charge < -0.3 is 9.84 Å². The van der Waals surface area contributed by atoms with Gasteiger partial charge in [0.2, 0.25) is 5.88 Å². The van der Waals surface area contributed by atoms with E-state index in [9.17, 15) is 14.7 Å². The minimum atomic E-state index is -0.385. The number of aromatic nitrogens is 1. The fraction of sp³-hybridized carbons (Fsp3) is 0.154. The van der Waals surface area contributed by atoms with Gasteiger partial charge in [-0.1, -0.05) is 11.3 Å². The lowest BCUT2D eigenvalue weighted by Gasteiger charge is -2.01. The number of carbonyl (C=O) groups excluding carboxylic acids is 1. The van der Waals surface area contributed by atoms with Crippen molar-refractivity contribution >= 4 is 29.2 Å². The molecule has 0 radical (unpaired) electrons. The molecule has 2 N–H and O–H groups in total. The first-order chi connectivity index (χ1) is 9.60. The van der Waals surface area contributed by atoms with Crippen molar-refractivity contribution in [3.8, 4) is 5.88 Å². The third-order valence-electron chi connectivity index (χ3n) is 2.37. The van der Waals surface area contributed by atoms with E-state index in [4.69, 9.17) is 4.74 Å². The molecule has 0 saturated carbocycles. The number of benzene rings is 1. The molecule has 1 aromatic carbocycles. The number of esters is 1. The number of rotatable bonds is 4. The third kappa shape index (κ3) is 3.33. The molecular formula is C13H12N2O4S. The van der Waals surface area contributed by atoms with Gasteiger partial charge in [0.1, 0.15) is 4.88 Å². The highest BCUT2D eigenvalue weighted by Gasteiger charge is 2.06. The highest BCUT2D eigenvalue weighted by atomic mass is 32.1. The van der Waals surface area contributed by atoms with Crippen molar-refractivity contribution in [2.24, 2.45) is 4.99 Å². The van der Waals surface area contributed by atoms with Gasteiger partial charge in [-0.2, -0.15) is 0 Å². The minimum absolute atomic E-state index is 0.202. The monoisotopic (exact) mass is 292 g/mol. The summed E-state index contributed by atoms with van der Waals surface area (Å²) in [6.07, 6.45) is 1.39. The predicted molar refractivity (Wildman–Crippen MR) is 76.3 cm³/mol. The van der Waals surface area contributed by atoms with E-state index >= 15 is 0 Å². The second-order valence-electron chi connectivity index (χ2n) is 3.75. The summed E-state index contributed by atoms with van der Waals surface area (Å²) < 4.78 is 4.87. The van der Waals surface area contributed by atoms with Crippen molar-refractivity contribution in [1.82, 2.24) is 4.98 Å². The number of carbonyl (C=O) groups is 1. The summed E-state index contributed by atoms with van der Waals surface area (Å²) in [5, 5.41) is 9.39. The molecule has 0 aliphatic heterocycles. The van der Waals surface area contributed by atoms with E-state index < -0.39 is 0 Å². The largest absolute Gasteiger partial charge is 0.493 e. The molecule has 0 amide bonds. The van der Waals surface area contributed by atoms with Crippen LogP contribution in [0.5, 0.6) is 5.88 Å². The van der Waals surface area contributed by atoms with Crippen LogP contribution in [-0.2, 0) is 4.74 Å². The van der Waals surface area contributed by atoms with Crippen LogP contribution in [-0.4, -0.2) is 28.9 Å². The van der Waals surface area contributed by atoms with E-state index in [0.29, 0.717) is 22.7 Å². The lowest BCUT2D eigenvalue weighted by molar-refractivity contribution is 0.0526. The summed E-state index contributed by atoms with van der Waals surface area (Å²) >= 11 is 0.864. The fourth-order valence-corrected chi connectivity index (χ4v) is 2.05. The number of aliphatic imine (C=N–C) groups is 1. The summed E-state index contributed by atoms with van der Waals surface area (Å²) in [7, 11) is 0. The number of ether oxygens (including phenoxy) is 1. The molecule has 6 nitrogen and oxygen atoms in total. The normalized spacial score (nSPS) is 10.8. The number of hydrogen-bond acceptors (Lipinski definition) is 6. The Morgan fingerprint density at radius 1 is 1.45 bits per heavy atom. The van der Waals surface area contributed by atoms with Gasteiger partial charge in [0, 0.05) is 0 Å². The molecule has 2 aromatic rings. The smallest absolute Gasteiger partial charge is 0.338 e. The van der Waals surface area contributed by atoms with Gasteiger partial charge in [-0.05, 0) is 31.2 Å². The van der Waals surface area contributed by atoms with Crippen LogP contribution in [0.3, 0.4) is 0 Å². The van der Waals surface area contributed by atoms with E-state index in [-0.39, 0.29) is 16.7 Å². The van der Waals surface area contributed by atoms with Crippen LogP contribution >= 0.6 is 11.3 Å². The van der Waals surface area contributed by atoms with Gasteiger partial charge >= 0.3 is 10.8 Å². The molecule has 1 heterocycles. The average molecular weight is 292 g/mol. The Bertz CT molecular complexity index is 685. The van der Waals surface area contributed by atoms with Gasteiger partial charge in [0.25, 0.3) is 0 Å². The Morgan fingerprint density at radius 2 is 2.15 bits per heavy atom. The Kier molecular flexibility index (Phi) is 4.31. The van der Waals surface area contributed by atoms with Crippen LogP contribution < -0.4 is 4.87 Å². The number of hydrogen-bond donors (Lipinski definition) is 2. The number of thiazole rings is 1. The molecule has 2 rings (SSSR count). The van der Waals surface area contributed by atoms with E-state index in [1.54, 1.807) is 31.2 Å². The zero-order valence-corrected chi connectivity index (χ0v) is 11.4. The summed E-state index contributed by atoms with van der Waals surface area (Å²) in [4.78, 5) is 28.8. The Labute approximate surface area is 118 Å². The Hall–Kier alpha value is -2.41. The highest BCUT2D eigenvalue weighted by molar-refractivity contribution is 7.11. The molecule has 0 spiro atoms. The standard InChI is InChI=1S/C13H12N2O4S/c1-2-19-12(17)8-3-5-9(6-4-8)14-7-10-11(16)15-13(18)20-10/h3-7,16H,2H2,1H3,(H,15,18). The van der Waals surface area contributed by atoms with Crippen LogP contribution in [0.25, 0.3) is 0 Å². The van der Waals surface area contributed by atoms with Gasteiger partial charge in [0.05, 0.1) is 24.1 Å². The third-order valence-corrected chi connectivity index (χ3v) is 3.17. The van der Waals surface area contributed by atoms with Crippen LogP contribution in [0.2, 0.25) is 0 Å². The second-order valence-corrected chi connectivity index (χ2v) is 4.77. The molecule has 0 atom stereocenters. The maximum absolute atomic E-state index is 11.5. The Morgan fingerprint density at radius 3 is 2.70 bits per heavy atom. The molecule has 20 heavy (non-hydrogen) atoms. The summed E-state index contributed by atoms with van der Waals surface area (Å²) in [6, 6.07) is 6.50. The van der Waals surface area contributed by atoms with Gasteiger partial charge in [-0.15, -0.1) is 0 Å². The zero-order valence-electron chi connectivity index (χ0n) is 10.6. The van der Waals surface area contributed by atoms with Crippen molar-refractivity contribution in [3.05, 3.63) is 44.4 Å². The predicted octanol–water partition coefficient (Wildman–Crippen LogP) is 2.07. The lowest BCUT2D eigenvalue weighted by Crippen LogP contribution is -2.03. The van der Waals surface area contributed by atoms with Crippen molar-refractivity contribution in [3.63, 3.8) is 0 Å². The maximum Gasteiger partial charge on any atom is 0.338 e. The first kappa shape index (κ1) is 14.0. The van der Waals surface area contributed by atoms with Crippen molar-refractivity contribution in [1.29, 1.82) is 0 Å². The molecule has 0 fully saturated rings. The zero-order chi connectivity index (χ0) is 14.5. The number of nitrogens with one attached hydrogen (secondary N) is 1. The molecule has 7 heteroatoms. The van der Waals surface area contributed by atoms with Crippen LogP contribution in [0.4, 0.5) is 5.69 Å². The maximum atomic E-state index is 11.5. The summed E-state index contributed by atoms with van der Waals surface area (Å²) in [5.74, 6) is -0.587. The number of aromatic amines is 1. The molecule has 0 aliphatic carbocycles. The molecule has 104 valence electrons. The van der Waals surface area contributed by atoms with Gasteiger partial charge in [-0.3, -0.25) is 14.8 Å². The van der Waals surface area contributed by atoms with Crippen molar-refractivity contribution in [2.45, 2.75) is 6.92 Å². The highest BCUT2D eigenvalue weighted by Crippen LogP contribution is 2.17. The van der Waals surface area contributed by atoms with E-state index in [2.05, 4.69) is 9.98 Å². The summed E-state index contributed by atoms with van der Waals surface area (Å²) in [6.45, 7) is 2.07. The summed E-state index contributed by atoms with van der Waals surface area (Å²) in [5.41, 5.74) is 1.04. The van der Waals surface area contributed by atoms with E-state index in [1.807, 2.05) is 0 Å². The van der Waals surface area contributed by atoms with E-state index in [0.717, 1.165) is 11.3 Å². The fourth-order valence-electron chi connectivity index (χ4n) is 1.45. The molecule has 0 aliphatic rings. The first-order valence-corrected chi connectivity index (χ1v) is 6.65. The average Bonchev–Trinajstić information content (AvgIpc) is 2.75. The molecule has 0 unspecified atom stereocenters. The molecule has 0 saturated heterocycles. The molecular weight excluding hydrogens is 280 g/mol. The number of H-pyrrole nitrogens is 1. The first-order valence-electron chi connectivity index (χ1n) is 5.83. The topological polar surface area (TPSA) is 91.8 Å². The quantitative estimate of drug-likeness (QED) is 0.666. The second kappa shape index (κ2) is 6.16.